The molecule has 0 bridgehead atoms. The molecule has 0 aliphatic heterocycles. The lowest BCUT2D eigenvalue weighted by molar-refractivity contribution is -0.130. The van der Waals surface area contributed by atoms with Crippen molar-refractivity contribution in [3.05, 3.63) is 0 Å². The molecule has 0 aromatic carbocycles. The molecule has 0 radical (unpaired) electrons. The van der Waals surface area contributed by atoms with E-state index in [1.807, 2.05) is 0 Å². The summed E-state index contributed by atoms with van der Waals surface area (Å²) in [5, 5.41) is 5.18. The summed E-state index contributed by atoms with van der Waals surface area (Å²) in [6.45, 7) is 4.05. The Labute approximate surface area is 106 Å². The van der Waals surface area contributed by atoms with Gasteiger partial charge in [-0.1, -0.05) is 0 Å². The fraction of sp³-hybridized carbons (Fsp3) is 0.667. The van der Waals surface area contributed by atoms with Crippen molar-refractivity contribution in [2.45, 2.75) is 45.7 Å². The molecule has 6 heteroatoms. The number of likely N-dealkylation sites (N-methyl/N-ethyl adjacent to an activating group) is 1. The van der Waals surface area contributed by atoms with E-state index in [0.29, 0.717) is 0 Å². The Balaban J connectivity index is 4.46. The van der Waals surface area contributed by atoms with Gasteiger partial charge in [0.05, 0.1) is 12.1 Å². The van der Waals surface area contributed by atoms with Gasteiger partial charge in [0.15, 0.2) is 5.78 Å². The smallest absolute Gasteiger partial charge is 0.222 e. The minimum atomic E-state index is -0.806. The summed E-state index contributed by atoms with van der Waals surface area (Å²) < 4.78 is 0. The third-order valence-electron chi connectivity index (χ3n) is 2.55. The number of Topliss-reactive ketones (excluding diaryl/α,β-unsaturated/α-hetero) is 3. The van der Waals surface area contributed by atoms with Gasteiger partial charge in [-0.25, -0.2) is 0 Å². The molecule has 0 aromatic heterocycles. The van der Waals surface area contributed by atoms with Gasteiger partial charge in [0.2, 0.25) is 5.91 Å². The minimum absolute atomic E-state index is 0.0225. The maximum absolute atomic E-state index is 11.6. The number of hydrogen-bond acceptors (Lipinski definition) is 5. The van der Waals surface area contributed by atoms with E-state index in [-0.39, 0.29) is 30.2 Å². The van der Waals surface area contributed by atoms with Crippen LogP contribution < -0.4 is 10.6 Å². The standard InChI is InChI=1S/C12H20N2O4/c1-7(15)5-11(9(3)17)14-12(18)6-10(13-4)8(2)16/h10-11,13H,5-6H2,1-4H3,(H,14,18). The third kappa shape index (κ3) is 6.24. The quantitative estimate of drug-likeness (QED) is 0.617. The molecule has 2 unspecified atom stereocenters. The third-order valence-corrected chi connectivity index (χ3v) is 2.55. The number of amides is 1. The molecular formula is C12H20N2O4. The summed E-state index contributed by atoms with van der Waals surface area (Å²) in [4.78, 5) is 45.0. The first-order chi connectivity index (χ1) is 8.27. The molecule has 0 aliphatic rings. The molecule has 6 nitrogen and oxygen atoms in total. The maximum atomic E-state index is 11.6. The van der Waals surface area contributed by atoms with E-state index in [2.05, 4.69) is 10.6 Å². The molecule has 0 rings (SSSR count). The van der Waals surface area contributed by atoms with Crippen LogP contribution in [0.1, 0.15) is 33.6 Å². The zero-order valence-electron chi connectivity index (χ0n) is 11.2. The molecule has 2 N–H and O–H groups in total. The van der Waals surface area contributed by atoms with Gasteiger partial charge in [-0.15, -0.1) is 0 Å². The highest BCUT2D eigenvalue weighted by molar-refractivity contribution is 5.93. The lowest BCUT2D eigenvalue weighted by Crippen LogP contribution is -2.44. The second kappa shape index (κ2) is 7.71. The van der Waals surface area contributed by atoms with E-state index in [9.17, 15) is 19.2 Å². The Kier molecular flexibility index (Phi) is 7.04. The van der Waals surface area contributed by atoms with E-state index in [1.165, 1.54) is 20.8 Å². The van der Waals surface area contributed by atoms with E-state index in [4.69, 9.17) is 0 Å². The van der Waals surface area contributed by atoms with Crippen molar-refractivity contribution < 1.29 is 19.2 Å². The van der Waals surface area contributed by atoms with Crippen LogP contribution in [-0.4, -0.2) is 42.4 Å². The van der Waals surface area contributed by atoms with Gasteiger partial charge in [-0.2, -0.15) is 0 Å². The van der Waals surface area contributed by atoms with Gasteiger partial charge in [0.25, 0.3) is 0 Å². The van der Waals surface area contributed by atoms with E-state index >= 15 is 0 Å². The molecule has 0 aromatic rings. The van der Waals surface area contributed by atoms with E-state index in [0.717, 1.165) is 0 Å². The van der Waals surface area contributed by atoms with Crippen molar-refractivity contribution in [1.82, 2.24) is 10.6 Å². The van der Waals surface area contributed by atoms with Crippen LogP contribution in [0.15, 0.2) is 0 Å². The van der Waals surface area contributed by atoms with Crippen molar-refractivity contribution in [3.63, 3.8) is 0 Å². The summed E-state index contributed by atoms with van der Waals surface area (Å²) >= 11 is 0. The molecule has 0 spiro atoms. The van der Waals surface area contributed by atoms with Crippen LogP contribution in [0.3, 0.4) is 0 Å². The van der Waals surface area contributed by atoms with Crippen LogP contribution in [-0.2, 0) is 19.2 Å². The molecular weight excluding hydrogens is 236 g/mol. The van der Waals surface area contributed by atoms with Crippen LogP contribution in [0.25, 0.3) is 0 Å². The Morgan fingerprint density at radius 3 is 1.72 bits per heavy atom. The molecule has 0 heterocycles. The predicted molar refractivity (Wildman–Crippen MR) is 66.1 cm³/mol. The Bertz CT molecular complexity index is 352. The Morgan fingerprint density at radius 2 is 1.39 bits per heavy atom. The van der Waals surface area contributed by atoms with Crippen molar-refractivity contribution in [2.24, 2.45) is 0 Å². The monoisotopic (exact) mass is 256 g/mol. The van der Waals surface area contributed by atoms with Gasteiger partial charge in [-0.05, 0) is 27.8 Å². The van der Waals surface area contributed by atoms with E-state index < -0.39 is 18.0 Å². The first-order valence-electron chi connectivity index (χ1n) is 5.74. The van der Waals surface area contributed by atoms with Crippen LogP contribution >= 0.6 is 0 Å². The van der Waals surface area contributed by atoms with Gasteiger partial charge >= 0.3 is 0 Å². The second-order valence-electron chi connectivity index (χ2n) is 4.29. The van der Waals surface area contributed by atoms with Crippen LogP contribution in [0, 0.1) is 0 Å². The molecule has 0 fully saturated rings. The molecule has 1 amide bonds. The Hall–Kier alpha value is -1.56. The summed E-state index contributed by atoms with van der Waals surface area (Å²) in [5.74, 6) is -1.03. The molecule has 102 valence electrons. The van der Waals surface area contributed by atoms with Gasteiger partial charge in [0.1, 0.15) is 11.6 Å². The highest BCUT2D eigenvalue weighted by atomic mass is 16.2. The number of ketones is 3. The normalized spacial score (nSPS) is 13.6. The number of carbonyl (C=O) groups excluding carboxylic acids is 4. The highest BCUT2D eigenvalue weighted by Gasteiger charge is 2.22. The number of nitrogens with one attached hydrogen (secondary N) is 2. The summed E-state index contributed by atoms with van der Waals surface area (Å²) in [6, 6.07) is -1.38. The van der Waals surface area contributed by atoms with Crippen molar-refractivity contribution in [3.8, 4) is 0 Å². The largest absolute Gasteiger partial charge is 0.346 e. The number of carbonyl (C=O) groups is 4. The van der Waals surface area contributed by atoms with E-state index in [1.54, 1.807) is 7.05 Å². The zero-order chi connectivity index (χ0) is 14.3. The molecule has 0 aliphatic carbocycles. The lowest BCUT2D eigenvalue weighted by Gasteiger charge is -2.17. The van der Waals surface area contributed by atoms with Crippen molar-refractivity contribution in [2.75, 3.05) is 7.05 Å². The van der Waals surface area contributed by atoms with Crippen molar-refractivity contribution in [1.29, 1.82) is 0 Å². The fourth-order valence-corrected chi connectivity index (χ4v) is 1.47. The minimum Gasteiger partial charge on any atom is -0.346 e. The Morgan fingerprint density at radius 1 is 0.889 bits per heavy atom. The van der Waals surface area contributed by atoms with Crippen LogP contribution in [0.2, 0.25) is 0 Å². The van der Waals surface area contributed by atoms with Gasteiger partial charge in [0, 0.05) is 12.8 Å². The average molecular weight is 256 g/mol. The fourth-order valence-electron chi connectivity index (χ4n) is 1.47. The predicted octanol–water partition coefficient (Wildman–Crippen LogP) is -0.394. The van der Waals surface area contributed by atoms with Crippen molar-refractivity contribution >= 4 is 23.3 Å². The summed E-state index contributed by atoms with van der Waals surface area (Å²) in [6.07, 6.45) is -0.0706. The molecule has 0 saturated carbocycles. The first kappa shape index (κ1) is 16.4. The second-order valence-corrected chi connectivity index (χ2v) is 4.29. The van der Waals surface area contributed by atoms with Crippen LogP contribution in [0.4, 0.5) is 0 Å². The van der Waals surface area contributed by atoms with Crippen LogP contribution in [0.5, 0.6) is 0 Å². The maximum Gasteiger partial charge on any atom is 0.222 e. The number of rotatable bonds is 8. The molecule has 0 saturated heterocycles. The lowest BCUT2D eigenvalue weighted by atomic mass is 10.1. The molecule has 18 heavy (non-hydrogen) atoms. The highest BCUT2D eigenvalue weighted by Crippen LogP contribution is 1.99. The number of hydrogen-bond donors (Lipinski definition) is 2. The van der Waals surface area contributed by atoms with Gasteiger partial charge in [-0.3, -0.25) is 19.2 Å². The SMILES string of the molecule is CNC(CC(=O)NC(CC(C)=O)C(C)=O)C(C)=O. The summed E-state index contributed by atoms with van der Waals surface area (Å²) in [7, 11) is 1.58. The topological polar surface area (TPSA) is 92.3 Å². The summed E-state index contributed by atoms with van der Waals surface area (Å²) in [5.41, 5.74) is 0. The average Bonchev–Trinajstić information content (AvgIpc) is 2.23. The van der Waals surface area contributed by atoms with Gasteiger partial charge < -0.3 is 10.6 Å². The zero-order valence-corrected chi connectivity index (χ0v) is 11.2. The first-order valence-corrected chi connectivity index (χ1v) is 5.74. The molecule has 2 atom stereocenters.